The van der Waals surface area contributed by atoms with E-state index in [0.717, 1.165) is 11.8 Å². The molecule has 2 aromatic heterocycles. The Hall–Kier alpha value is -3.77. The van der Waals surface area contributed by atoms with Crippen LogP contribution >= 0.6 is 11.8 Å². The molecule has 0 bridgehead atoms. The molecule has 5 aromatic rings. The van der Waals surface area contributed by atoms with E-state index < -0.39 is 10.0 Å². The summed E-state index contributed by atoms with van der Waals surface area (Å²) in [5.74, 6) is 0.00986. The molecule has 0 saturated heterocycles. The van der Waals surface area contributed by atoms with Gasteiger partial charge in [0.15, 0.2) is 5.16 Å². The molecule has 0 saturated carbocycles. The van der Waals surface area contributed by atoms with Gasteiger partial charge in [-0.2, -0.15) is 5.10 Å². The van der Waals surface area contributed by atoms with Crippen LogP contribution in [0, 0.1) is 0 Å². The smallest absolute Gasteiger partial charge is 0.328 e. The summed E-state index contributed by atoms with van der Waals surface area (Å²) in [7, 11) is -0.785. The SMILES string of the molecule is Cn1c(=O)n(C)c2cc(S(=O)(=O)Nc3cc(Sc4ncn[nH]4)c(O)c4ccccc34)ccc21. The lowest BCUT2D eigenvalue weighted by Crippen LogP contribution is -2.19. The molecular weight excluding hydrogens is 464 g/mol. The number of phenols is 1. The van der Waals surface area contributed by atoms with Gasteiger partial charge in [0.2, 0.25) is 0 Å². The lowest BCUT2D eigenvalue weighted by molar-refractivity contribution is 0.469. The van der Waals surface area contributed by atoms with Gasteiger partial charge in [-0.25, -0.2) is 18.2 Å². The molecule has 0 aliphatic heterocycles. The third kappa shape index (κ3) is 3.52. The van der Waals surface area contributed by atoms with Crippen LogP contribution in [0.2, 0.25) is 0 Å². The second-order valence-corrected chi connectivity index (χ2v) is 10.1. The molecule has 0 aliphatic rings. The molecule has 3 aromatic carbocycles. The number of benzene rings is 3. The molecular formula is C21H18N6O4S2. The van der Waals surface area contributed by atoms with Gasteiger partial charge in [-0.1, -0.05) is 24.3 Å². The second kappa shape index (κ2) is 7.67. The van der Waals surface area contributed by atoms with Crippen molar-refractivity contribution >= 4 is 49.3 Å². The molecule has 0 unspecified atom stereocenters. The van der Waals surface area contributed by atoms with Crippen LogP contribution in [0.4, 0.5) is 5.69 Å². The molecule has 0 amide bonds. The van der Waals surface area contributed by atoms with E-state index in [1.807, 2.05) is 0 Å². The third-order valence-electron chi connectivity index (χ3n) is 5.38. The van der Waals surface area contributed by atoms with E-state index in [2.05, 4.69) is 19.9 Å². The van der Waals surface area contributed by atoms with E-state index in [-0.39, 0.29) is 16.3 Å². The predicted octanol–water partition coefficient (Wildman–Crippen LogP) is 2.81. The maximum Gasteiger partial charge on any atom is 0.328 e. The minimum absolute atomic E-state index is 0.00986. The lowest BCUT2D eigenvalue weighted by atomic mass is 10.1. The molecule has 3 N–H and O–H groups in total. The summed E-state index contributed by atoms with van der Waals surface area (Å²) in [5.41, 5.74) is 1.18. The first-order chi connectivity index (χ1) is 15.8. The second-order valence-electron chi connectivity index (χ2n) is 7.37. The molecule has 2 heterocycles. The molecule has 0 aliphatic carbocycles. The largest absolute Gasteiger partial charge is 0.506 e. The van der Waals surface area contributed by atoms with E-state index in [1.54, 1.807) is 50.5 Å². The van der Waals surface area contributed by atoms with Crippen molar-refractivity contribution in [1.82, 2.24) is 24.3 Å². The fourth-order valence-corrected chi connectivity index (χ4v) is 5.58. The van der Waals surface area contributed by atoms with E-state index in [4.69, 9.17) is 0 Å². The number of nitrogens with zero attached hydrogens (tertiary/aromatic N) is 4. The van der Waals surface area contributed by atoms with Crippen molar-refractivity contribution in [3.63, 3.8) is 0 Å². The van der Waals surface area contributed by atoms with Gasteiger partial charge in [-0.15, -0.1) is 0 Å². The molecule has 0 radical (unpaired) electrons. The number of aromatic amines is 1. The van der Waals surface area contributed by atoms with Crippen LogP contribution in [0.1, 0.15) is 0 Å². The summed E-state index contributed by atoms with van der Waals surface area (Å²) in [6.45, 7) is 0. The summed E-state index contributed by atoms with van der Waals surface area (Å²) >= 11 is 1.13. The van der Waals surface area contributed by atoms with Crippen LogP contribution in [0.25, 0.3) is 21.8 Å². The molecule has 33 heavy (non-hydrogen) atoms. The number of nitrogens with one attached hydrogen (secondary N) is 2. The van der Waals surface area contributed by atoms with E-state index in [9.17, 15) is 18.3 Å². The molecule has 0 spiro atoms. The zero-order valence-corrected chi connectivity index (χ0v) is 19.1. The number of aromatic hydroxyl groups is 1. The first-order valence-corrected chi connectivity index (χ1v) is 12.0. The van der Waals surface area contributed by atoms with Gasteiger partial charge in [0.1, 0.15) is 12.1 Å². The fraction of sp³-hybridized carbons (Fsp3) is 0.0952. The number of sulfonamides is 1. The zero-order chi connectivity index (χ0) is 23.3. The number of anilines is 1. The van der Waals surface area contributed by atoms with Crippen molar-refractivity contribution in [2.24, 2.45) is 14.1 Å². The summed E-state index contributed by atoms with van der Waals surface area (Å²) in [4.78, 5) is 16.7. The number of aromatic nitrogens is 5. The predicted molar refractivity (Wildman–Crippen MR) is 125 cm³/mol. The number of H-pyrrole nitrogens is 1. The Morgan fingerprint density at radius 1 is 1.03 bits per heavy atom. The maximum atomic E-state index is 13.3. The molecule has 12 heteroatoms. The standard InChI is InChI=1S/C21H18N6O4S2/c1-26-16-8-7-12(9-17(16)27(2)21(26)29)33(30,31)25-15-10-18(32-20-22-11-23-24-20)19(28)14-6-4-3-5-13(14)15/h3-11,25,28H,1-2H3,(H,22,23,24). The van der Waals surface area contributed by atoms with Crippen LogP contribution in [0.5, 0.6) is 5.75 Å². The van der Waals surface area contributed by atoms with Crippen molar-refractivity contribution in [2.45, 2.75) is 14.9 Å². The van der Waals surface area contributed by atoms with Crippen molar-refractivity contribution in [2.75, 3.05) is 4.72 Å². The third-order valence-corrected chi connectivity index (χ3v) is 7.66. The van der Waals surface area contributed by atoms with E-state index >= 15 is 0 Å². The van der Waals surface area contributed by atoms with Gasteiger partial charge < -0.3 is 5.11 Å². The van der Waals surface area contributed by atoms with Crippen LogP contribution in [0.3, 0.4) is 0 Å². The van der Waals surface area contributed by atoms with E-state index in [1.165, 1.54) is 27.6 Å². The van der Waals surface area contributed by atoms with Crippen molar-refractivity contribution in [3.8, 4) is 5.75 Å². The molecule has 5 rings (SSSR count). The normalized spacial score (nSPS) is 11.9. The Labute approximate surface area is 191 Å². The highest BCUT2D eigenvalue weighted by atomic mass is 32.2. The number of hydrogen-bond acceptors (Lipinski definition) is 7. The lowest BCUT2D eigenvalue weighted by Gasteiger charge is -2.14. The highest BCUT2D eigenvalue weighted by Crippen LogP contribution is 2.42. The van der Waals surface area contributed by atoms with Crippen molar-refractivity contribution < 1.29 is 13.5 Å². The van der Waals surface area contributed by atoms with Gasteiger partial charge >= 0.3 is 5.69 Å². The topological polar surface area (TPSA) is 135 Å². The minimum Gasteiger partial charge on any atom is -0.506 e. The number of fused-ring (bicyclic) bond motifs is 2. The first kappa shape index (κ1) is 21.1. The fourth-order valence-electron chi connectivity index (χ4n) is 3.70. The highest BCUT2D eigenvalue weighted by molar-refractivity contribution is 7.99. The number of imidazole rings is 1. The Morgan fingerprint density at radius 3 is 2.48 bits per heavy atom. The summed E-state index contributed by atoms with van der Waals surface area (Å²) < 4.78 is 32.1. The molecule has 0 fully saturated rings. The number of phenolic OH excluding ortho intramolecular Hbond substituents is 1. The Morgan fingerprint density at radius 2 is 1.76 bits per heavy atom. The molecule has 10 nitrogen and oxygen atoms in total. The highest BCUT2D eigenvalue weighted by Gasteiger charge is 2.21. The Bertz CT molecular complexity index is 1690. The number of hydrogen-bond donors (Lipinski definition) is 3. The zero-order valence-electron chi connectivity index (χ0n) is 17.5. The summed E-state index contributed by atoms with van der Waals surface area (Å²) in [6, 6.07) is 13.0. The average molecular weight is 483 g/mol. The molecule has 0 atom stereocenters. The van der Waals surface area contributed by atoms with Gasteiger partial charge in [-0.3, -0.25) is 19.0 Å². The summed E-state index contributed by atoms with van der Waals surface area (Å²) in [5, 5.41) is 18.7. The van der Waals surface area contributed by atoms with Crippen LogP contribution < -0.4 is 10.4 Å². The Kier molecular flexibility index (Phi) is 4.91. The van der Waals surface area contributed by atoms with Gasteiger partial charge in [0.05, 0.1) is 26.5 Å². The van der Waals surface area contributed by atoms with Crippen LogP contribution in [-0.2, 0) is 24.1 Å². The quantitative estimate of drug-likeness (QED) is 0.328. The maximum absolute atomic E-state index is 13.3. The van der Waals surface area contributed by atoms with E-state index in [0.29, 0.717) is 37.5 Å². The monoisotopic (exact) mass is 482 g/mol. The first-order valence-electron chi connectivity index (χ1n) is 9.72. The van der Waals surface area contributed by atoms with Crippen LogP contribution in [-0.4, -0.2) is 37.8 Å². The summed E-state index contributed by atoms with van der Waals surface area (Å²) in [6.07, 6.45) is 1.34. The van der Waals surface area contributed by atoms with Crippen LogP contribution in [0.15, 0.2) is 74.6 Å². The van der Waals surface area contributed by atoms with Gasteiger partial charge in [0, 0.05) is 24.9 Å². The van der Waals surface area contributed by atoms with Crippen molar-refractivity contribution in [3.05, 3.63) is 65.3 Å². The van der Waals surface area contributed by atoms with Crippen molar-refractivity contribution in [1.29, 1.82) is 0 Å². The van der Waals surface area contributed by atoms with Gasteiger partial charge in [-0.05, 0) is 36.0 Å². The minimum atomic E-state index is -4.01. The molecule has 168 valence electrons. The Balaban J connectivity index is 1.62. The number of aryl methyl sites for hydroxylation is 2. The number of rotatable bonds is 5. The van der Waals surface area contributed by atoms with Gasteiger partial charge in [0.25, 0.3) is 10.0 Å². The average Bonchev–Trinajstić information content (AvgIpc) is 3.40.